The van der Waals surface area contributed by atoms with E-state index >= 15 is 0 Å². The molecule has 2 atom stereocenters. The van der Waals surface area contributed by atoms with Gasteiger partial charge in [-0.3, -0.25) is 10.1 Å². The lowest BCUT2D eigenvalue weighted by Gasteiger charge is -2.29. The van der Waals surface area contributed by atoms with Gasteiger partial charge in [0.15, 0.2) is 6.54 Å². The number of carbonyl (C=O) groups is 1. The number of nitrogens with one attached hydrogen (secondary N) is 2. The Kier molecular flexibility index (Phi) is 4.61. The largest absolute Gasteiger partial charge is 0.338 e. The van der Waals surface area contributed by atoms with Crippen LogP contribution in [-0.4, -0.2) is 24.2 Å². The summed E-state index contributed by atoms with van der Waals surface area (Å²) in [6.07, 6.45) is 1.04. The quantitative estimate of drug-likeness (QED) is 0.744. The molecule has 3 aromatic rings. The van der Waals surface area contributed by atoms with Crippen molar-refractivity contribution in [2.45, 2.75) is 26.3 Å². The van der Waals surface area contributed by atoms with Crippen molar-refractivity contribution in [3.8, 4) is 11.3 Å². The Balaban J connectivity index is 1.39. The monoisotopic (exact) mass is 368 g/mol. The molecule has 0 bridgehead atoms. The minimum absolute atomic E-state index is 0.0443. The number of fused-ring (bicyclic) bond motifs is 1. The molecule has 1 aromatic carbocycles. The van der Waals surface area contributed by atoms with Crippen LogP contribution in [0, 0.1) is 6.92 Å². The minimum Gasteiger partial charge on any atom is -0.338 e. The molecule has 6 heteroatoms. The van der Waals surface area contributed by atoms with Gasteiger partial charge in [-0.15, -0.1) is 11.3 Å². The Morgan fingerprint density at radius 1 is 1.35 bits per heavy atom. The van der Waals surface area contributed by atoms with Gasteiger partial charge in [-0.25, -0.2) is 0 Å². The number of carbonyl (C=O) groups excluding carboxylic acids is 1. The van der Waals surface area contributed by atoms with Crippen LogP contribution in [-0.2, 0) is 11.2 Å². The molecule has 2 N–H and O–H groups in total. The summed E-state index contributed by atoms with van der Waals surface area (Å²) in [7, 11) is 0. The third kappa shape index (κ3) is 3.43. The Hall–Kier alpha value is -2.44. The zero-order chi connectivity index (χ0) is 18.1. The molecule has 1 amide bonds. The SMILES string of the molecule is Cc1ccc(-c2cc(NC(=O)C[NH+]3CCc4sccc4[C@@H]3C)on2)cc1. The first-order chi connectivity index (χ1) is 12.6. The highest BCUT2D eigenvalue weighted by Gasteiger charge is 2.29. The maximum atomic E-state index is 12.4. The van der Waals surface area contributed by atoms with Crippen molar-refractivity contribution in [3.63, 3.8) is 0 Å². The summed E-state index contributed by atoms with van der Waals surface area (Å²) in [6, 6.07) is 12.4. The molecule has 0 spiro atoms. The molecular formula is C20H22N3O2S+. The molecule has 2 aromatic heterocycles. The number of benzene rings is 1. The molecule has 1 aliphatic rings. The Morgan fingerprint density at radius 3 is 2.96 bits per heavy atom. The van der Waals surface area contributed by atoms with Gasteiger partial charge >= 0.3 is 0 Å². The molecule has 0 fully saturated rings. The normalized spacial score (nSPS) is 19.2. The Bertz CT molecular complexity index is 913. The summed E-state index contributed by atoms with van der Waals surface area (Å²) in [6.45, 7) is 5.64. The van der Waals surface area contributed by atoms with E-state index in [2.05, 4.69) is 28.8 Å². The minimum atomic E-state index is -0.0443. The molecule has 0 saturated heterocycles. The first kappa shape index (κ1) is 17.0. The number of aryl methyl sites for hydroxylation is 1. The number of aromatic nitrogens is 1. The van der Waals surface area contributed by atoms with Crippen LogP contribution < -0.4 is 10.2 Å². The van der Waals surface area contributed by atoms with E-state index in [0.717, 1.165) is 24.2 Å². The van der Waals surface area contributed by atoms with Crippen LogP contribution in [0.5, 0.6) is 0 Å². The van der Waals surface area contributed by atoms with Crippen molar-refractivity contribution in [2.24, 2.45) is 0 Å². The van der Waals surface area contributed by atoms with Gasteiger partial charge in [-0.05, 0) is 25.3 Å². The zero-order valence-electron chi connectivity index (χ0n) is 14.9. The zero-order valence-corrected chi connectivity index (χ0v) is 15.7. The van der Waals surface area contributed by atoms with Gasteiger partial charge < -0.3 is 9.42 Å². The first-order valence-corrected chi connectivity index (χ1v) is 9.72. The van der Waals surface area contributed by atoms with E-state index in [1.54, 1.807) is 6.07 Å². The van der Waals surface area contributed by atoms with Crippen molar-refractivity contribution in [1.82, 2.24) is 5.16 Å². The van der Waals surface area contributed by atoms with E-state index in [9.17, 15) is 4.79 Å². The first-order valence-electron chi connectivity index (χ1n) is 8.84. The van der Waals surface area contributed by atoms with Crippen molar-refractivity contribution in [3.05, 3.63) is 57.8 Å². The standard InChI is InChI=1S/C20H21N3O2S/c1-13-3-5-15(6-4-13)17-11-20(25-22-17)21-19(24)12-23-9-7-18-16(14(23)2)8-10-26-18/h3-6,8,10-11,14H,7,9,12H2,1-2H3,(H,21,24)/p+1/t14-/m0/s1. The smallest absolute Gasteiger partial charge is 0.281 e. The number of hydrogen-bond donors (Lipinski definition) is 2. The predicted molar refractivity (Wildman–Crippen MR) is 102 cm³/mol. The van der Waals surface area contributed by atoms with Gasteiger partial charge in [0.1, 0.15) is 11.7 Å². The highest BCUT2D eigenvalue weighted by Crippen LogP contribution is 2.25. The second-order valence-electron chi connectivity index (χ2n) is 6.85. The van der Waals surface area contributed by atoms with Crippen LogP contribution >= 0.6 is 11.3 Å². The Morgan fingerprint density at radius 2 is 2.15 bits per heavy atom. The number of thiophene rings is 1. The van der Waals surface area contributed by atoms with Crippen LogP contribution in [0.25, 0.3) is 11.3 Å². The summed E-state index contributed by atoms with van der Waals surface area (Å²) >= 11 is 1.82. The van der Waals surface area contributed by atoms with Gasteiger partial charge in [0, 0.05) is 28.5 Å². The topological polar surface area (TPSA) is 59.6 Å². The number of anilines is 1. The van der Waals surface area contributed by atoms with Crippen molar-refractivity contribution in [1.29, 1.82) is 0 Å². The van der Waals surface area contributed by atoms with Crippen molar-refractivity contribution < 1.29 is 14.2 Å². The molecule has 5 nitrogen and oxygen atoms in total. The molecule has 4 rings (SSSR count). The van der Waals surface area contributed by atoms with Crippen LogP contribution in [0.4, 0.5) is 5.88 Å². The fourth-order valence-electron chi connectivity index (χ4n) is 3.47. The third-order valence-corrected chi connectivity index (χ3v) is 6.04. The summed E-state index contributed by atoms with van der Waals surface area (Å²) in [4.78, 5) is 15.2. The maximum Gasteiger partial charge on any atom is 0.281 e. The van der Waals surface area contributed by atoms with E-state index in [4.69, 9.17) is 4.52 Å². The molecule has 134 valence electrons. The number of hydrogen-bond acceptors (Lipinski definition) is 4. The van der Waals surface area contributed by atoms with Crippen molar-refractivity contribution in [2.75, 3.05) is 18.4 Å². The molecule has 0 aliphatic carbocycles. The fourth-order valence-corrected chi connectivity index (χ4v) is 4.45. The maximum absolute atomic E-state index is 12.4. The van der Waals surface area contributed by atoms with Gasteiger partial charge in [-0.1, -0.05) is 35.0 Å². The molecule has 1 unspecified atom stereocenters. The predicted octanol–water partition coefficient (Wildman–Crippen LogP) is 2.85. The van der Waals surface area contributed by atoms with E-state index in [-0.39, 0.29) is 5.91 Å². The lowest BCUT2D eigenvalue weighted by Crippen LogP contribution is -3.14. The fraction of sp³-hybridized carbons (Fsp3) is 0.300. The van der Waals surface area contributed by atoms with Gasteiger partial charge in [0.05, 0.1) is 6.54 Å². The lowest BCUT2D eigenvalue weighted by atomic mass is 10.0. The highest BCUT2D eigenvalue weighted by atomic mass is 32.1. The molecule has 1 aliphatic heterocycles. The van der Waals surface area contributed by atoms with Crippen LogP contribution in [0.15, 0.2) is 46.3 Å². The van der Waals surface area contributed by atoms with Crippen LogP contribution in [0.3, 0.4) is 0 Å². The average Bonchev–Trinajstić information content (AvgIpc) is 3.28. The second-order valence-corrected chi connectivity index (χ2v) is 7.85. The highest BCUT2D eigenvalue weighted by molar-refractivity contribution is 7.10. The third-order valence-electron chi connectivity index (χ3n) is 5.04. The van der Waals surface area contributed by atoms with E-state index in [1.807, 2.05) is 42.5 Å². The molecule has 0 radical (unpaired) electrons. The number of rotatable bonds is 4. The molecule has 3 heterocycles. The van der Waals surface area contributed by atoms with Gasteiger partial charge in [-0.2, -0.15) is 0 Å². The lowest BCUT2D eigenvalue weighted by molar-refractivity contribution is -0.923. The molecular weight excluding hydrogens is 346 g/mol. The van der Waals surface area contributed by atoms with E-state index in [0.29, 0.717) is 18.5 Å². The number of nitrogens with zero attached hydrogens (tertiary/aromatic N) is 1. The average molecular weight is 368 g/mol. The Labute approximate surface area is 156 Å². The van der Waals surface area contributed by atoms with Gasteiger partial charge in [0.2, 0.25) is 5.88 Å². The summed E-state index contributed by atoms with van der Waals surface area (Å²) < 4.78 is 5.29. The molecule has 0 saturated carbocycles. The van der Waals surface area contributed by atoms with Crippen molar-refractivity contribution >= 4 is 23.1 Å². The second kappa shape index (κ2) is 7.05. The number of amides is 1. The van der Waals surface area contributed by atoms with Gasteiger partial charge in [0.25, 0.3) is 5.91 Å². The number of quaternary nitrogens is 1. The van der Waals surface area contributed by atoms with Crippen LogP contribution in [0.2, 0.25) is 0 Å². The summed E-state index contributed by atoms with van der Waals surface area (Å²) in [5, 5.41) is 9.05. The molecule has 26 heavy (non-hydrogen) atoms. The summed E-state index contributed by atoms with van der Waals surface area (Å²) in [5.41, 5.74) is 4.27. The van der Waals surface area contributed by atoms with E-state index in [1.165, 1.54) is 20.9 Å². The summed E-state index contributed by atoms with van der Waals surface area (Å²) in [5.74, 6) is 0.350. The van der Waals surface area contributed by atoms with Crippen LogP contribution in [0.1, 0.15) is 29.0 Å². The van der Waals surface area contributed by atoms with E-state index < -0.39 is 0 Å².